The van der Waals surface area contributed by atoms with E-state index in [0.717, 1.165) is 25.7 Å². The molecule has 0 radical (unpaired) electrons. The van der Waals surface area contributed by atoms with Crippen LogP contribution in [0.25, 0.3) is 0 Å². The SMILES string of the molecule is CCCCOC(=O)C1=CCCCN1C(=O)OC. The second kappa shape index (κ2) is 6.93. The van der Waals surface area contributed by atoms with Gasteiger partial charge < -0.3 is 9.47 Å². The number of methoxy groups -OCH3 is 1. The summed E-state index contributed by atoms with van der Waals surface area (Å²) >= 11 is 0. The molecule has 0 saturated carbocycles. The molecule has 1 aliphatic heterocycles. The lowest BCUT2D eigenvalue weighted by Gasteiger charge is -2.25. The molecular weight excluding hydrogens is 222 g/mol. The van der Waals surface area contributed by atoms with Crippen molar-refractivity contribution < 1.29 is 19.1 Å². The highest BCUT2D eigenvalue weighted by Crippen LogP contribution is 2.17. The van der Waals surface area contributed by atoms with Gasteiger partial charge in [0.25, 0.3) is 0 Å². The smallest absolute Gasteiger partial charge is 0.414 e. The Morgan fingerprint density at radius 2 is 2.24 bits per heavy atom. The van der Waals surface area contributed by atoms with Crippen LogP contribution < -0.4 is 0 Å². The standard InChI is InChI=1S/C12H19NO4/c1-3-4-9-17-11(14)10-7-5-6-8-13(10)12(15)16-2/h7H,3-6,8-9H2,1-2H3. The van der Waals surface area contributed by atoms with Crippen LogP contribution in [0.15, 0.2) is 11.8 Å². The highest BCUT2D eigenvalue weighted by atomic mass is 16.5. The van der Waals surface area contributed by atoms with Crippen molar-refractivity contribution in [3.05, 3.63) is 11.8 Å². The van der Waals surface area contributed by atoms with Crippen LogP contribution in [0.3, 0.4) is 0 Å². The fourth-order valence-corrected chi connectivity index (χ4v) is 1.60. The van der Waals surface area contributed by atoms with Crippen LogP contribution in [0.4, 0.5) is 4.79 Å². The highest BCUT2D eigenvalue weighted by Gasteiger charge is 2.27. The quantitative estimate of drug-likeness (QED) is 0.558. The number of ether oxygens (including phenoxy) is 2. The van der Waals surface area contributed by atoms with E-state index in [2.05, 4.69) is 4.74 Å². The summed E-state index contributed by atoms with van der Waals surface area (Å²) in [4.78, 5) is 24.6. The van der Waals surface area contributed by atoms with Gasteiger partial charge in [0.05, 0.1) is 13.7 Å². The second-order valence-corrected chi connectivity index (χ2v) is 3.84. The molecule has 0 saturated heterocycles. The van der Waals surface area contributed by atoms with Gasteiger partial charge in [-0.2, -0.15) is 0 Å². The minimum Gasteiger partial charge on any atom is -0.461 e. The summed E-state index contributed by atoms with van der Waals surface area (Å²) in [6, 6.07) is 0. The number of rotatable bonds is 4. The lowest BCUT2D eigenvalue weighted by molar-refractivity contribution is -0.141. The summed E-state index contributed by atoms with van der Waals surface area (Å²) < 4.78 is 9.72. The number of hydrogen-bond donors (Lipinski definition) is 0. The Balaban J connectivity index is 2.61. The van der Waals surface area contributed by atoms with E-state index >= 15 is 0 Å². The third-order valence-corrected chi connectivity index (χ3v) is 2.55. The Bertz CT molecular complexity index is 312. The van der Waals surface area contributed by atoms with Crippen LogP contribution in [0, 0.1) is 0 Å². The molecule has 0 atom stereocenters. The Morgan fingerprint density at radius 3 is 2.88 bits per heavy atom. The lowest BCUT2D eigenvalue weighted by atomic mass is 10.1. The van der Waals surface area contributed by atoms with Crippen LogP contribution in [0.1, 0.15) is 32.6 Å². The molecule has 0 aromatic rings. The molecule has 0 aromatic carbocycles. The molecule has 5 nitrogen and oxygen atoms in total. The van der Waals surface area contributed by atoms with E-state index in [-0.39, 0.29) is 0 Å². The van der Waals surface area contributed by atoms with Crippen molar-refractivity contribution in [2.75, 3.05) is 20.3 Å². The minimum atomic E-state index is -0.511. The Labute approximate surface area is 101 Å². The Kier molecular flexibility index (Phi) is 5.52. The molecule has 0 fully saturated rings. The molecule has 5 heteroatoms. The number of carbonyl (C=O) groups excluding carboxylic acids is 2. The molecule has 0 N–H and O–H groups in total. The zero-order valence-corrected chi connectivity index (χ0v) is 10.4. The molecule has 0 aromatic heterocycles. The van der Waals surface area contributed by atoms with Gasteiger partial charge in [-0.05, 0) is 19.3 Å². The van der Waals surface area contributed by atoms with E-state index in [1.165, 1.54) is 12.0 Å². The van der Waals surface area contributed by atoms with Gasteiger partial charge in [-0.25, -0.2) is 9.59 Å². The molecule has 1 heterocycles. The van der Waals surface area contributed by atoms with Crippen molar-refractivity contribution in [3.8, 4) is 0 Å². The van der Waals surface area contributed by atoms with Crippen LogP contribution in [-0.2, 0) is 14.3 Å². The first-order chi connectivity index (χ1) is 8.20. The van der Waals surface area contributed by atoms with Crippen LogP contribution in [0.2, 0.25) is 0 Å². The van der Waals surface area contributed by atoms with E-state index in [1.54, 1.807) is 6.08 Å². The predicted octanol–water partition coefficient (Wildman–Crippen LogP) is 2.08. The highest BCUT2D eigenvalue weighted by molar-refractivity contribution is 5.92. The van der Waals surface area contributed by atoms with E-state index in [0.29, 0.717) is 18.8 Å². The van der Waals surface area contributed by atoms with E-state index < -0.39 is 12.1 Å². The van der Waals surface area contributed by atoms with Crippen LogP contribution in [0.5, 0.6) is 0 Å². The summed E-state index contributed by atoms with van der Waals surface area (Å²) in [6.07, 6.45) is 4.63. The van der Waals surface area contributed by atoms with Crippen molar-refractivity contribution >= 4 is 12.1 Å². The first-order valence-corrected chi connectivity index (χ1v) is 5.93. The number of nitrogens with zero attached hydrogens (tertiary/aromatic N) is 1. The van der Waals surface area contributed by atoms with Crippen molar-refractivity contribution in [2.24, 2.45) is 0 Å². The minimum absolute atomic E-state index is 0.305. The Morgan fingerprint density at radius 1 is 1.47 bits per heavy atom. The second-order valence-electron chi connectivity index (χ2n) is 3.84. The molecule has 0 bridgehead atoms. The zero-order chi connectivity index (χ0) is 12.7. The van der Waals surface area contributed by atoms with Gasteiger partial charge in [0.2, 0.25) is 0 Å². The number of esters is 1. The van der Waals surface area contributed by atoms with Gasteiger partial charge in [0, 0.05) is 6.54 Å². The van der Waals surface area contributed by atoms with Gasteiger partial charge >= 0.3 is 12.1 Å². The number of unbranched alkanes of at least 4 members (excludes halogenated alkanes) is 1. The van der Waals surface area contributed by atoms with Crippen molar-refractivity contribution in [1.82, 2.24) is 4.90 Å². The third kappa shape index (κ3) is 3.76. The first-order valence-electron chi connectivity index (χ1n) is 5.93. The van der Waals surface area contributed by atoms with Crippen LogP contribution in [-0.4, -0.2) is 37.2 Å². The number of carbonyl (C=O) groups is 2. The van der Waals surface area contributed by atoms with Gasteiger partial charge in [0.1, 0.15) is 5.70 Å². The molecule has 1 aliphatic rings. The predicted molar refractivity (Wildman–Crippen MR) is 62.3 cm³/mol. The fraction of sp³-hybridized carbons (Fsp3) is 0.667. The number of amides is 1. The maximum Gasteiger partial charge on any atom is 0.414 e. The maximum absolute atomic E-state index is 11.8. The van der Waals surface area contributed by atoms with E-state index in [4.69, 9.17) is 4.74 Å². The van der Waals surface area contributed by atoms with Crippen LogP contribution >= 0.6 is 0 Å². The fourth-order valence-electron chi connectivity index (χ4n) is 1.60. The van der Waals surface area contributed by atoms with Gasteiger partial charge in [-0.1, -0.05) is 19.4 Å². The summed E-state index contributed by atoms with van der Waals surface area (Å²) in [5.41, 5.74) is 0.305. The molecule has 96 valence electrons. The zero-order valence-electron chi connectivity index (χ0n) is 10.4. The van der Waals surface area contributed by atoms with Crippen molar-refractivity contribution in [1.29, 1.82) is 0 Å². The summed E-state index contributed by atoms with van der Waals surface area (Å²) in [5.74, 6) is -0.441. The average molecular weight is 241 g/mol. The van der Waals surface area contributed by atoms with Gasteiger partial charge in [-0.3, -0.25) is 4.90 Å². The van der Waals surface area contributed by atoms with Gasteiger partial charge in [-0.15, -0.1) is 0 Å². The number of hydrogen-bond acceptors (Lipinski definition) is 4. The van der Waals surface area contributed by atoms with Crippen molar-refractivity contribution in [3.63, 3.8) is 0 Å². The maximum atomic E-state index is 11.8. The molecule has 0 aliphatic carbocycles. The number of allylic oxidation sites excluding steroid dienone is 1. The molecule has 0 unspecified atom stereocenters. The average Bonchev–Trinajstić information content (AvgIpc) is 2.38. The monoisotopic (exact) mass is 241 g/mol. The first kappa shape index (κ1) is 13.5. The molecule has 0 spiro atoms. The lowest BCUT2D eigenvalue weighted by Crippen LogP contribution is -2.37. The normalized spacial score (nSPS) is 15.2. The largest absolute Gasteiger partial charge is 0.461 e. The Hall–Kier alpha value is -1.52. The summed E-state index contributed by atoms with van der Waals surface area (Å²) in [5, 5.41) is 0. The van der Waals surface area contributed by atoms with E-state index in [1.807, 2.05) is 6.92 Å². The summed E-state index contributed by atoms with van der Waals surface area (Å²) in [7, 11) is 1.30. The summed E-state index contributed by atoms with van der Waals surface area (Å²) in [6.45, 7) is 2.91. The third-order valence-electron chi connectivity index (χ3n) is 2.55. The molecule has 1 amide bonds. The topological polar surface area (TPSA) is 55.8 Å². The molecule has 1 rings (SSSR count). The molecule has 17 heavy (non-hydrogen) atoms. The van der Waals surface area contributed by atoms with Gasteiger partial charge in [0.15, 0.2) is 0 Å². The van der Waals surface area contributed by atoms with Crippen molar-refractivity contribution in [2.45, 2.75) is 32.6 Å². The van der Waals surface area contributed by atoms with E-state index in [9.17, 15) is 9.59 Å². The molecular formula is C12H19NO4.